The monoisotopic (exact) mass is 368 g/mol. The lowest BCUT2D eigenvalue weighted by Crippen LogP contribution is -2.13. The topological polar surface area (TPSA) is 65.2 Å². The lowest BCUT2D eigenvalue weighted by Gasteiger charge is -2.08. The molecule has 0 aliphatic heterocycles. The molecule has 0 amide bonds. The number of carbonyl (C=O) groups excluding carboxylic acids is 1. The number of rotatable bonds is 6. The lowest BCUT2D eigenvalue weighted by molar-refractivity contribution is 0.0993. The number of aryl methyl sites for hydroxylation is 2. The third kappa shape index (κ3) is 3.96. The van der Waals surface area contributed by atoms with Crippen molar-refractivity contribution in [2.45, 2.75) is 31.2 Å². The average molecular weight is 368 g/mol. The highest BCUT2D eigenvalue weighted by molar-refractivity contribution is 8.00. The summed E-state index contributed by atoms with van der Waals surface area (Å²) in [6, 6.07) is 13.1. The molecule has 0 fully saturated rings. The predicted octanol–water partition coefficient (Wildman–Crippen LogP) is 4.73. The molecule has 0 aliphatic carbocycles. The first-order valence-electron chi connectivity index (χ1n) is 8.24. The van der Waals surface area contributed by atoms with E-state index in [1.54, 1.807) is 31.4 Å². The fourth-order valence-corrected chi connectivity index (χ4v) is 3.20. The number of ketones is 1. The van der Waals surface area contributed by atoms with Crippen molar-refractivity contribution in [1.29, 1.82) is 0 Å². The molecule has 134 valence electrons. The summed E-state index contributed by atoms with van der Waals surface area (Å²) >= 11 is 1.26. The summed E-state index contributed by atoms with van der Waals surface area (Å²) in [6.07, 6.45) is 0. The Morgan fingerprint density at radius 1 is 1.08 bits per heavy atom. The fourth-order valence-electron chi connectivity index (χ4n) is 2.44. The van der Waals surface area contributed by atoms with E-state index in [1.807, 2.05) is 32.0 Å². The zero-order valence-corrected chi connectivity index (χ0v) is 16.0. The van der Waals surface area contributed by atoms with Crippen molar-refractivity contribution in [2.75, 3.05) is 7.11 Å². The van der Waals surface area contributed by atoms with Crippen LogP contribution in [0.3, 0.4) is 0 Å². The molecule has 2 aromatic carbocycles. The molecule has 0 saturated carbocycles. The van der Waals surface area contributed by atoms with Gasteiger partial charge in [0.05, 0.1) is 12.4 Å². The molecular weight excluding hydrogens is 348 g/mol. The van der Waals surface area contributed by atoms with E-state index in [0.717, 1.165) is 16.9 Å². The summed E-state index contributed by atoms with van der Waals surface area (Å²) in [7, 11) is 1.60. The SMILES string of the molecule is COc1ccc(C(=O)[C@H](C)Sc2nnc(-c3ccc(C)c(C)c3)o2)cc1. The second-order valence-corrected chi connectivity index (χ2v) is 7.32. The molecule has 3 aromatic rings. The number of nitrogens with zero attached hydrogens (tertiary/aromatic N) is 2. The summed E-state index contributed by atoms with van der Waals surface area (Å²) < 4.78 is 10.8. The second-order valence-electron chi connectivity index (χ2n) is 6.02. The Labute approximate surface area is 156 Å². The molecule has 0 saturated heterocycles. The van der Waals surface area contributed by atoms with Crippen LogP contribution in [-0.4, -0.2) is 28.3 Å². The van der Waals surface area contributed by atoms with Gasteiger partial charge in [-0.25, -0.2) is 0 Å². The van der Waals surface area contributed by atoms with Crippen LogP contribution in [0.4, 0.5) is 0 Å². The van der Waals surface area contributed by atoms with E-state index < -0.39 is 0 Å². The molecular formula is C20H20N2O3S. The molecule has 0 spiro atoms. The molecule has 0 radical (unpaired) electrons. The first kappa shape index (κ1) is 18.2. The maximum Gasteiger partial charge on any atom is 0.277 e. The number of carbonyl (C=O) groups is 1. The van der Waals surface area contributed by atoms with Crippen molar-refractivity contribution in [3.8, 4) is 17.2 Å². The number of benzene rings is 2. The number of ether oxygens (including phenoxy) is 1. The van der Waals surface area contributed by atoms with Crippen LogP contribution in [0, 0.1) is 13.8 Å². The van der Waals surface area contributed by atoms with E-state index in [4.69, 9.17) is 9.15 Å². The Kier molecular flexibility index (Phi) is 5.42. The van der Waals surface area contributed by atoms with Crippen molar-refractivity contribution < 1.29 is 13.9 Å². The zero-order valence-electron chi connectivity index (χ0n) is 15.1. The largest absolute Gasteiger partial charge is 0.497 e. The Hall–Kier alpha value is -2.60. The number of hydrogen-bond donors (Lipinski definition) is 0. The van der Waals surface area contributed by atoms with Crippen LogP contribution in [-0.2, 0) is 0 Å². The molecule has 5 nitrogen and oxygen atoms in total. The standard InChI is InChI=1S/C20H20N2O3S/c1-12-5-6-16(11-13(12)2)19-21-22-20(25-19)26-14(3)18(23)15-7-9-17(24-4)10-8-15/h5-11,14H,1-4H3/t14-/m0/s1. The summed E-state index contributed by atoms with van der Waals surface area (Å²) in [5.41, 5.74) is 3.88. The van der Waals surface area contributed by atoms with Gasteiger partial charge in [0, 0.05) is 11.1 Å². The number of thioether (sulfide) groups is 1. The van der Waals surface area contributed by atoms with Crippen LogP contribution in [0.5, 0.6) is 5.75 Å². The Morgan fingerprint density at radius 2 is 1.81 bits per heavy atom. The van der Waals surface area contributed by atoms with Crippen LogP contribution in [0.15, 0.2) is 52.1 Å². The summed E-state index contributed by atoms with van der Waals surface area (Å²) in [6.45, 7) is 5.93. The molecule has 0 unspecified atom stereocenters. The molecule has 0 bridgehead atoms. The molecule has 3 rings (SSSR count). The summed E-state index contributed by atoms with van der Waals surface area (Å²) in [5, 5.41) is 8.21. The van der Waals surface area contributed by atoms with Crippen LogP contribution >= 0.6 is 11.8 Å². The number of hydrogen-bond acceptors (Lipinski definition) is 6. The van der Waals surface area contributed by atoms with E-state index in [-0.39, 0.29) is 11.0 Å². The Balaban J connectivity index is 1.71. The van der Waals surface area contributed by atoms with Gasteiger partial charge in [0.25, 0.3) is 5.22 Å². The minimum absolute atomic E-state index is 0.00332. The van der Waals surface area contributed by atoms with Crippen molar-refractivity contribution in [3.05, 3.63) is 59.2 Å². The summed E-state index contributed by atoms with van der Waals surface area (Å²) in [5.74, 6) is 1.18. The maximum absolute atomic E-state index is 12.6. The highest BCUT2D eigenvalue weighted by atomic mass is 32.2. The maximum atomic E-state index is 12.6. The first-order chi connectivity index (χ1) is 12.5. The van der Waals surface area contributed by atoms with Crippen LogP contribution in [0.2, 0.25) is 0 Å². The summed E-state index contributed by atoms with van der Waals surface area (Å²) in [4.78, 5) is 12.6. The van der Waals surface area contributed by atoms with E-state index in [1.165, 1.54) is 17.3 Å². The van der Waals surface area contributed by atoms with Gasteiger partial charge in [0.2, 0.25) is 5.89 Å². The van der Waals surface area contributed by atoms with E-state index in [2.05, 4.69) is 17.1 Å². The predicted molar refractivity (Wildman–Crippen MR) is 102 cm³/mol. The molecule has 0 N–H and O–H groups in total. The highest BCUT2D eigenvalue weighted by Crippen LogP contribution is 2.28. The molecule has 6 heteroatoms. The van der Waals surface area contributed by atoms with Gasteiger partial charge < -0.3 is 9.15 Å². The van der Waals surface area contributed by atoms with Gasteiger partial charge in [0.1, 0.15) is 5.75 Å². The van der Waals surface area contributed by atoms with Crippen molar-refractivity contribution in [2.24, 2.45) is 0 Å². The van der Waals surface area contributed by atoms with Crippen LogP contribution < -0.4 is 4.74 Å². The average Bonchev–Trinajstić information content (AvgIpc) is 3.12. The minimum atomic E-state index is -0.337. The normalized spacial score (nSPS) is 12.0. The lowest BCUT2D eigenvalue weighted by atomic mass is 10.1. The van der Waals surface area contributed by atoms with Gasteiger partial charge in [0.15, 0.2) is 5.78 Å². The van der Waals surface area contributed by atoms with Crippen molar-refractivity contribution in [3.63, 3.8) is 0 Å². The third-order valence-electron chi connectivity index (χ3n) is 4.18. The quantitative estimate of drug-likeness (QED) is 0.463. The van der Waals surface area contributed by atoms with Gasteiger partial charge in [-0.1, -0.05) is 17.8 Å². The molecule has 1 aromatic heterocycles. The van der Waals surface area contributed by atoms with Gasteiger partial charge in [-0.05, 0) is 68.3 Å². The zero-order chi connectivity index (χ0) is 18.7. The molecule has 0 aliphatic rings. The Morgan fingerprint density at radius 3 is 2.46 bits per heavy atom. The van der Waals surface area contributed by atoms with Gasteiger partial charge in [-0.3, -0.25) is 4.79 Å². The highest BCUT2D eigenvalue weighted by Gasteiger charge is 2.20. The second kappa shape index (κ2) is 7.74. The van der Waals surface area contributed by atoms with Gasteiger partial charge in [-0.2, -0.15) is 0 Å². The molecule has 1 heterocycles. The number of Topliss-reactive ketones (excluding diaryl/α,β-unsaturated/α-hetero) is 1. The van der Waals surface area contributed by atoms with Gasteiger partial charge in [-0.15, -0.1) is 10.2 Å². The van der Waals surface area contributed by atoms with Crippen LogP contribution in [0.1, 0.15) is 28.4 Å². The minimum Gasteiger partial charge on any atom is -0.497 e. The number of methoxy groups -OCH3 is 1. The van der Waals surface area contributed by atoms with Gasteiger partial charge >= 0.3 is 0 Å². The fraction of sp³-hybridized carbons (Fsp3) is 0.250. The van der Waals surface area contributed by atoms with Crippen LogP contribution in [0.25, 0.3) is 11.5 Å². The van der Waals surface area contributed by atoms with Crippen molar-refractivity contribution >= 4 is 17.5 Å². The molecule has 1 atom stereocenters. The smallest absolute Gasteiger partial charge is 0.277 e. The van der Waals surface area contributed by atoms with E-state index in [9.17, 15) is 4.79 Å². The number of aromatic nitrogens is 2. The van der Waals surface area contributed by atoms with E-state index in [0.29, 0.717) is 16.7 Å². The van der Waals surface area contributed by atoms with E-state index >= 15 is 0 Å². The van der Waals surface area contributed by atoms with Crippen molar-refractivity contribution in [1.82, 2.24) is 10.2 Å². The Bertz CT molecular complexity index is 919. The molecule has 26 heavy (non-hydrogen) atoms. The third-order valence-corrected chi connectivity index (χ3v) is 5.12. The first-order valence-corrected chi connectivity index (χ1v) is 9.12.